The van der Waals surface area contributed by atoms with Crippen LogP contribution in [0.15, 0.2) is 24.3 Å². The summed E-state index contributed by atoms with van der Waals surface area (Å²) in [4.78, 5) is 11.4. The summed E-state index contributed by atoms with van der Waals surface area (Å²) >= 11 is 0. The fourth-order valence-electron chi connectivity index (χ4n) is 1.36. The van der Waals surface area contributed by atoms with Crippen LogP contribution in [0.1, 0.15) is 27.7 Å². The minimum atomic E-state index is -0.531. The standard InChI is InChI=1S/C14H20FNO3/c1-10(9-16-13(17)19-14(2,3)4)18-12-7-5-6-11(15)8-12/h5-8,10H,9H2,1-4H3,(H,16,17)/t10-/m1/s1. The topological polar surface area (TPSA) is 47.6 Å². The normalized spacial score (nSPS) is 12.7. The fraction of sp³-hybridized carbons (Fsp3) is 0.500. The van der Waals surface area contributed by atoms with Gasteiger partial charge in [0.25, 0.3) is 0 Å². The number of hydrogen-bond donors (Lipinski definition) is 1. The molecule has 0 radical (unpaired) electrons. The van der Waals surface area contributed by atoms with E-state index in [-0.39, 0.29) is 18.5 Å². The first-order chi connectivity index (χ1) is 8.76. The summed E-state index contributed by atoms with van der Waals surface area (Å²) in [5.41, 5.74) is -0.531. The number of rotatable bonds is 4. The van der Waals surface area contributed by atoms with Gasteiger partial charge in [-0.3, -0.25) is 0 Å². The number of alkyl carbamates (subject to hydrolysis) is 1. The lowest BCUT2D eigenvalue weighted by Crippen LogP contribution is -2.37. The molecule has 0 spiro atoms. The molecule has 1 rings (SSSR count). The molecule has 1 amide bonds. The first-order valence-corrected chi connectivity index (χ1v) is 6.15. The zero-order valence-electron chi connectivity index (χ0n) is 11.7. The van der Waals surface area contributed by atoms with Crippen molar-refractivity contribution in [2.24, 2.45) is 0 Å². The van der Waals surface area contributed by atoms with Gasteiger partial charge in [0.1, 0.15) is 23.3 Å². The smallest absolute Gasteiger partial charge is 0.407 e. The highest BCUT2D eigenvalue weighted by Gasteiger charge is 2.16. The molecule has 1 aromatic rings. The van der Waals surface area contributed by atoms with E-state index < -0.39 is 11.7 Å². The van der Waals surface area contributed by atoms with E-state index >= 15 is 0 Å². The highest BCUT2D eigenvalue weighted by Crippen LogP contribution is 2.13. The third kappa shape index (κ3) is 6.64. The lowest BCUT2D eigenvalue weighted by atomic mass is 10.2. The fourth-order valence-corrected chi connectivity index (χ4v) is 1.36. The lowest BCUT2D eigenvalue weighted by molar-refractivity contribution is 0.0505. The Hall–Kier alpha value is -1.78. The number of benzene rings is 1. The van der Waals surface area contributed by atoms with Crippen LogP contribution < -0.4 is 10.1 Å². The minimum absolute atomic E-state index is 0.283. The monoisotopic (exact) mass is 269 g/mol. The third-order valence-corrected chi connectivity index (χ3v) is 2.07. The predicted molar refractivity (Wildman–Crippen MR) is 70.7 cm³/mol. The Bertz CT molecular complexity index is 429. The molecule has 0 saturated carbocycles. The molecule has 0 aromatic heterocycles. The number of amides is 1. The molecule has 0 aliphatic carbocycles. The molecule has 1 N–H and O–H groups in total. The van der Waals surface area contributed by atoms with Crippen molar-refractivity contribution in [3.8, 4) is 5.75 Å². The zero-order chi connectivity index (χ0) is 14.5. The number of hydrogen-bond acceptors (Lipinski definition) is 3. The van der Waals surface area contributed by atoms with E-state index in [0.717, 1.165) is 0 Å². The molecule has 0 aliphatic rings. The molecule has 1 aromatic carbocycles. The van der Waals surface area contributed by atoms with Crippen LogP contribution in [0.4, 0.5) is 9.18 Å². The highest BCUT2D eigenvalue weighted by molar-refractivity contribution is 5.67. The van der Waals surface area contributed by atoms with Crippen LogP contribution in [0.5, 0.6) is 5.75 Å². The van der Waals surface area contributed by atoms with Gasteiger partial charge in [-0.15, -0.1) is 0 Å². The molecule has 5 heteroatoms. The number of ether oxygens (including phenoxy) is 2. The van der Waals surface area contributed by atoms with Crippen LogP contribution >= 0.6 is 0 Å². The first-order valence-electron chi connectivity index (χ1n) is 6.15. The third-order valence-electron chi connectivity index (χ3n) is 2.07. The second-order valence-electron chi connectivity index (χ2n) is 5.27. The lowest BCUT2D eigenvalue weighted by Gasteiger charge is -2.21. The van der Waals surface area contributed by atoms with Crippen molar-refractivity contribution in [2.45, 2.75) is 39.4 Å². The number of nitrogens with one attached hydrogen (secondary N) is 1. The van der Waals surface area contributed by atoms with E-state index in [1.807, 2.05) is 0 Å². The Kier molecular flexibility index (Phi) is 5.15. The molecule has 4 nitrogen and oxygen atoms in total. The molecule has 0 fully saturated rings. The Morgan fingerprint density at radius 1 is 1.42 bits per heavy atom. The van der Waals surface area contributed by atoms with E-state index in [0.29, 0.717) is 5.75 Å². The van der Waals surface area contributed by atoms with Crippen LogP contribution in [-0.4, -0.2) is 24.3 Å². The summed E-state index contributed by atoms with van der Waals surface area (Å²) in [6.45, 7) is 7.44. The van der Waals surface area contributed by atoms with Gasteiger partial charge >= 0.3 is 6.09 Å². The minimum Gasteiger partial charge on any atom is -0.489 e. The van der Waals surface area contributed by atoms with Crippen LogP contribution in [0.2, 0.25) is 0 Å². The first kappa shape index (κ1) is 15.3. The maximum atomic E-state index is 12.9. The van der Waals surface area contributed by atoms with E-state index in [9.17, 15) is 9.18 Å². The Labute approximate surface area is 112 Å². The molecule has 0 unspecified atom stereocenters. The van der Waals surface area contributed by atoms with Crippen LogP contribution in [-0.2, 0) is 4.74 Å². The quantitative estimate of drug-likeness (QED) is 0.913. The maximum Gasteiger partial charge on any atom is 0.407 e. The van der Waals surface area contributed by atoms with Crippen molar-refractivity contribution in [1.82, 2.24) is 5.32 Å². The van der Waals surface area contributed by atoms with Gasteiger partial charge < -0.3 is 14.8 Å². The van der Waals surface area contributed by atoms with Crippen molar-refractivity contribution in [1.29, 1.82) is 0 Å². The Morgan fingerprint density at radius 2 is 2.11 bits per heavy atom. The second kappa shape index (κ2) is 6.41. The van der Waals surface area contributed by atoms with Gasteiger partial charge in [-0.2, -0.15) is 0 Å². The summed E-state index contributed by atoms with van der Waals surface area (Å²) < 4.78 is 23.5. The molecule has 19 heavy (non-hydrogen) atoms. The largest absolute Gasteiger partial charge is 0.489 e. The average molecular weight is 269 g/mol. The summed E-state index contributed by atoms with van der Waals surface area (Å²) in [5, 5.41) is 2.59. The van der Waals surface area contributed by atoms with Gasteiger partial charge in [-0.05, 0) is 39.8 Å². The van der Waals surface area contributed by atoms with Gasteiger partial charge in [0.15, 0.2) is 0 Å². The van der Waals surface area contributed by atoms with Crippen molar-refractivity contribution < 1.29 is 18.7 Å². The van der Waals surface area contributed by atoms with Crippen molar-refractivity contribution >= 4 is 6.09 Å². The molecule has 106 valence electrons. The van der Waals surface area contributed by atoms with Gasteiger partial charge in [-0.1, -0.05) is 6.07 Å². The average Bonchev–Trinajstić information content (AvgIpc) is 2.24. The number of carbonyl (C=O) groups is 1. The molecule has 0 heterocycles. The van der Waals surface area contributed by atoms with Crippen molar-refractivity contribution in [3.63, 3.8) is 0 Å². The van der Waals surface area contributed by atoms with Gasteiger partial charge in [0, 0.05) is 6.07 Å². The van der Waals surface area contributed by atoms with Gasteiger partial charge in [0.2, 0.25) is 0 Å². The van der Waals surface area contributed by atoms with Crippen LogP contribution in [0, 0.1) is 5.82 Å². The SMILES string of the molecule is C[C@H](CNC(=O)OC(C)(C)C)Oc1cccc(F)c1. The zero-order valence-corrected chi connectivity index (χ0v) is 11.7. The molecule has 1 atom stereocenters. The van der Waals surface area contributed by atoms with Crippen LogP contribution in [0.3, 0.4) is 0 Å². The molecule has 0 saturated heterocycles. The summed E-state index contributed by atoms with van der Waals surface area (Å²) in [5.74, 6) is 0.0725. The second-order valence-corrected chi connectivity index (χ2v) is 5.27. The van der Waals surface area contributed by atoms with E-state index in [1.165, 1.54) is 12.1 Å². The number of carbonyl (C=O) groups excluding carboxylic acids is 1. The van der Waals surface area contributed by atoms with Crippen molar-refractivity contribution in [3.05, 3.63) is 30.1 Å². The van der Waals surface area contributed by atoms with Gasteiger partial charge in [0.05, 0.1) is 6.54 Å². The highest BCUT2D eigenvalue weighted by atomic mass is 19.1. The maximum absolute atomic E-state index is 12.9. The van der Waals surface area contributed by atoms with E-state index in [2.05, 4.69) is 5.32 Å². The summed E-state index contributed by atoms with van der Waals surface area (Å²) in [7, 11) is 0. The van der Waals surface area contributed by atoms with E-state index in [4.69, 9.17) is 9.47 Å². The van der Waals surface area contributed by atoms with Crippen LogP contribution in [0.25, 0.3) is 0 Å². The Morgan fingerprint density at radius 3 is 2.68 bits per heavy atom. The molecular formula is C14H20FNO3. The Balaban J connectivity index is 2.36. The molecular weight excluding hydrogens is 249 g/mol. The summed E-state index contributed by atoms with van der Waals surface area (Å²) in [6.07, 6.45) is -0.781. The predicted octanol–water partition coefficient (Wildman–Crippen LogP) is 3.12. The molecule has 0 aliphatic heterocycles. The number of halogens is 1. The van der Waals surface area contributed by atoms with Crippen molar-refractivity contribution in [2.75, 3.05) is 6.54 Å². The van der Waals surface area contributed by atoms with Gasteiger partial charge in [-0.25, -0.2) is 9.18 Å². The molecule has 0 bridgehead atoms. The van der Waals surface area contributed by atoms with E-state index in [1.54, 1.807) is 39.8 Å². The summed E-state index contributed by atoms with van der Waals surface area (Å²) in [6, 6.07) is 5.87.